The van der Waals surface area contributed by atoms with E-state index in [1.54, 1.807) is 8.61 Å². The summed E-state index contributed by atoms with van der Waals surface area (Å²) >= 11 is 0. The van der Waals surface area contributed by atoms with Crippen LogP contribution in [0, 0.1) is 5.92 Å². The molecule has 1 saturated heterocycles. The fourth-order valence-corrected chi connectivity index (χ4v) is 4.69. The molecule has 0 aromatic rings. The van der Waals surface area contributed by atoms with Gasteiger partial charge in [0.15, 0.2) is 0 Å². The second-order valence-electron chi connectivity index (χ2n) is 5.93. The van der Waals surface area contributed by atoms with Crippen molar-refractivity contribution in [3.05, 3.63) is 0 Å². The number of piperidine rings is 1. The van der Waals surface area contributed by atoms with Gasteiger partial charge in [-0.05, 0) is 44.6 Å². The van der Waals surface area contributed by atoms with Crippen molar-refractivity contribution in [1.82, 2.24) is 8.61 Å². The highest BCUT2D eigenvalue weighted by Crippen LogP contribution is 2.30. The smallest absolute Gasteiger partial charge is 0.282 e. The third-order valence-electron chi connectivity index (χ3n) is 4.43. The molecule has 0 aromatic heterocycles. The Labute approximate surface area is 117 Å². The molecule has 5 nitrogen and oxygen atoms in total. The van der Waals surface area contributed by atoms with Crippen molar-refractivity contribution in [1.29, 1.82) is 0 Å². The molecule has 0 spiro atoms. The normalized spacial score (nSPS) is 23.7. The predicted molar refractivity (Wildman–Crippen MR) is 76.9 cm³/mol. The summed E-state index contributed by atoms with van der Waals surface area (Å²) in [6.45, 7) is 4.68. The van der Waals surface area contributed by atoms with Crippen molar-refractivity contribution in [2.45, 2.75) is 51.5 Å². The Kier molecular flexibility index (Phi) is 5.22. The molecule has 6 heteroatoms. The summed E-state index contributed by atoms with van der Waals surface area (Å²) in [5, 5.41) is 0. The topological polar surface area (TPSA) is 66.6 Å². The lowest BCUT2D eigenvalue weighted by molar-refractivity contribution is 0.192. The summed E-state index contributed by atoms with van der Waals surface area (Å²) < 4.78 is 28.9. The quantitative estimate of drug-likeness (QED) is 0.798. The summed E-state index contributed by atoms with van der Waals surface area (Å²) in [7, 11) is -3.27. The maximum atomic E-state index is 12.7. The van der Waals surface area contributed by atoms with Crippen molar-refractivity contribution in [3.8, 4) is 0 Å². The van der Waals surface area contributed by atoms with E-state index in [0.717, 1.165) is 38.5 Å². The monoisotopic (exact) mass is 289 g/mol. The lowest BCUT2D eigenvalue weighted by Crippen LogP contribution is -2.53. The maximum Gasteiger partial charge on any atom is 0.282 e. The highest BCUT2D eigenvalue weighted by Gasteiger charge is 2.38. The Bertz CT molecular complexity index is 373. The minimum Gasteiger partial charge on any atom is -0.330 e. The molecule has 1 aliphatic heterocycles. The first-order valence-corrected chi connectivity index (χ1v) is 8.92. The van der Waals surface area contributed by atoms with Gasteiger partial charge in [-0.2, -0.15) is 17.0 Å². The third kappa shape index (κ3) is 3.48. The number of nitrogens with zero attached hydrogens (tertiary/aromatic N) is 2. The zero-order chi connectivity index (χ0) is 13.9. The Morgan fingerprint density at radius 3 is 2.32 bits per heavy atom. The van der Waals surface area contributed by atoms with Gasteiger partial charge < -0.3 is 5.73 Å². The van der Waals surface area contributed by atoms with E-state index in [0.29, 0.717) is 32.1 Å². The zero-order valence-corrected chi connectivity index (χ0v) is 12.7. The SMILES string of the molecule is CC1CCN(S(=O)(=O)N(CCCN)C2CCC2)CC1. The van der Waals surface area contributed by atoms with E-state index in [4.69, 9.17) is 5.73 Å². The van der Waals surface area contributed by atoms with Crippen molar-refractivity contribution in [3.63, 3.8) is 0 Å². The van der Waals surface area contributed by atoms with E-state index in [9.17, 15) is 8.42 Å². The molecule has 1 aliphatic carbocycles. The first kappa shape index (κ1) is 15.2. The molecule has 2 fully saturated rings. The molecule has 0 radical (unpaired) electrons. The van der Waals surface area contributed by atoms with Crippen LogP contribution < -0.4 is 5.73 Å². The molecule has 19 heavy (non-hydrogen) atoms. The van der Waals surface area contributed by atoms with Crippen LogP contribution in [0.1, 0.15) is 45.4 Å². The summed E-state index contributed by atoms with van der Waals surface area (Å²) in [4.78, 5) is 0. The van der Waals surface area contributed by atoms with E-state index in [1.807, 2.05) is 0 Å². The second-order valence-corrected chi connectivity index (χ2v) is 7.81. The van der Waals surface area contributed by atoms with Crippen molar-refractivity contribution < 1.29 is 8.42 Å². The van der Waals surface area contributed by atoms with Gasteiger partial charge in [-0.3, -0.25) is 0 Å². The molecule has 2 rings (SSSR count). The fourth-order valence-electron chi connectivity index (χ4n) is 2.77. The fraction of sp³-hybridized carbons (Fsp3) is 1.00. The lowest BCUT2D eigenvalue weighted by atomic mass is 9.93. The molecule has 0 unspecified atom stereocenters. The largest absolute Gasteiger partial charge is 0.330 e. The minimum atomic E-state index is -3.27. The van der Waals surface area contributed by atoms with Crippen LogP contribution in [0.5, 0.6) is 0 Å². The maximum absolute atomic E-state index is 12.7. The predicted octanol–water partition coefficient (Wildman–Crippen LogP) is 1.17. The molecule has 0 amide bonds. The van der Waals surface area contributed by atoms with Gasteiger partial charge in [0.1, 0.15) is 0 Å². The first-order chi connectivity index (χ1) is 9.05. The number of hydrogen-bond acceptors (Lipinski definition) is 3. The van der Waals surface area contributed by atoms with Gasteiger partial charge in [0.25, 0.3) is 10.2 Å². The van der Waals surface area contributed by atoms with Crippen molar-refractivity contribution >= 4 is 10.2 Å². The van der Waals surface area contributed by atoms with Gasteiger partial charge >= 0.3 is 0 Å². The number of hydrogen-bond donors (Lipinski definition) is 1. The first-order valence-electron chi connectivity index (χ1n) is 7.52. The third-order valence-corrected chi connectivity index (χ3v) is 6.52. The zero-order valence-electron chi connectivity index (χ0n) is 11.9. The second kappa shape index (κ2) is 6.52. The molecule has 0 atom stereocenters. The Balaban J connectivity index is 2.04. The minimum absolute atomic E-state index is 0.218. The van der Waals surface area contributed by atoms with Crippen molar-refractivity contribution in [2.24, 2.45) is 11.7 Å². The van der Waals surface area contributed by atoms with Gasteiger partial charge in [-0.1, -0.05) is 13.3 Å². The Hall–Kier alpha value is -0.170. The van der Waals surface area contributed by atoms with E-state index < -0.39 is 10.2 Å². The van der Waals surface area contributed by atoms with Gasteiger partial charge in [-0.15, -0.1) is 0 Å². The summed E-state index contributed by atoms with van der Waals surface area (Å²) in [5.74, 6) is 0.646. The molecule has 1 heterocycles. The Morgan fingerprint density at radius 2 is 1.84 bits per heavy atom. The molecular weight excluding hydrogens is 262 g/mol. The lowest BCUT2D eigenvalue weighted by Gasteiger charge is -2.40. The molecule has 0 bridgehead atoms. The van der Waals surface area contributed by atoms with Crippen molar-refractivity contribution in [2.75, 3.05) is 26.2 Å². The average Bonchev–Trinajstić information content (AvgIpc) is 2.32. The van der Waals surface area contributed by atoms with Crippen LogP contribution >= 0.6 is 0 Å². The van der Waals surface area contributed by atoms with E-state index in [2.05, 4.69) is 6.92 Å². The van der Waals surface area contributed by atoms with Crippen LogP contribution in [0.15, 0.2) is 0 Å². The molecule has 112 valence electrons. The standard InChI is InChI=1S/C13H27N3O2S/c1-12-6-10-15(11-7-12)19(17,18)16(9-3-8-14)13-4-2-5-13/h12-13H,2-11,14H2,1H3. The number of nitrogens with two attached hydrogens (primary N) is 1. The highest BCUT2D eigenvalue weighted by molar-refractivity contribution is 7.86. The highest BCUT2D eigenvalue weighted by atomic mass is 32.2. The van der Waals surface area contributed by atoms with Crippen LogP contribution in [0.3, 0.4) is 0 Å². The molecule has 2 aliphatic rings. The van der Waals surface area contributed by atoms with Gasteiger partial charge in [0, 0.05) is 25.7 Å². The average molecular weight is 289 g/mol. The van der Waals surface area contributed by atoms with E-state index in [-0.39, 0.29) is 6.04 Å². The van der Waals surface area contributed by atoms with Crippen LogP contribution in [-0.2, 0) is 10.2 Å². The molecular formula is C13H27N3O2S. The van der Waals surface area contributed by atoms with Crippen LogP contribution in [0.2, 0.25) is 0 Å². The molecule has 1 saturated carbocycles. The summed E-state index contributed by atoms with van der Waals surface area (Å²) in [5.41, 5.74) is 5.54. The summed E-state index contributed by atoms with van der Waals surface area (Å²) in [6.07, 6.45) is 5.88. The van der Waals surface area contributed by atoms with Crippen LogP contribution in [-0.4, -0.2) is 49.2 Å². The van der Waals surface area contributed by atoms with E-state index >= 15 is 0 Å². The Morgan fingerprint density at radius 1 is 1.21 bits per heavy atom. The molecule has 2 N–H and O–H groups in total. The summed E-state index contributed by atoms with van der Waals surface area (Å²) in [6, 6.07) is 0.218. The van der Waals surface area contributed by atoms with Crippen LogP contribution in [0.4, 0.5) is 0 Å². The van der Waals surface area contributed by atoms with Crippen LogP contribution in [0.25, 0.3) is 0 Å². The molecule has 0 aromatic carbocycles. The van der Waals surface area contributed by atoms with Gasteiger partial charge in [0.2, 0.25) is 0 Å². The van der Waals surface area contributed by atoms with E-state index in [1.165, 1.54) is 0 Å². The van der Waals surface area contributed by atoms with Gasteiger partial charge in [-0.25, -0.2) is 0 Å². The van der Waals surface area contributed by atoms with Gasteiger partial charge in [0.05, 0.1) is 0 Å². The number of rotatable bonds is 6.